The summed E-state index contributed by atoms with van der Waals surface area (Å²) in [5.41, 5.74) is 7.46. The van der Waals surface area contributed by atoms with E-state index < -0.39 is 6.29 Å². The molecule has 0 saturated carbocycles. The molecule has 1 aliphatic rings. The van der Waals surface area contributed by atoms with Crippen LogP contribution in [0.3, 0.4) is 0 Å². The minimum atomic E-state index is -0.410. The Kier molecular flexibility index (Phi) is 5.40. The first-order valence-corrected chi connectivity index (χ1v) is 8.08. The smallest absolute Gasteiger partial charge is 0.296 e. The van der Waals surface area contributed by atoms with Gasteiger partial charge in [0.25, 0.3) is 5.91 Å². The number of pyridine rings is 1. The monoisotopic (exact) mass is 327 g/mol. The van der Waals surface area contributed by atoms with E-state index in [2.05, 4.69) is 4.98 Å². The first-order valence-electron chi connectivity index (χ1n) is 8.08. The number of ether oxygens (including phenoxy) is 1. The third kappa shape index (κ3) is 4.31. The first-order chi connectivity index (χ1) is 11.7. The molecule has 2 heterocycles. The molecule has 1 amide bonds. The number of benzene rings is 1. The van der Waals surface area contributed by atoms with Crippen LogP contribution in [-0.4, -0.2) is 28.9 Å². The molecule has 1 saturated heterocycles. The molecule has 6 nitrogen and oxygen atoms in total. The Morgan fingerprint density at radius 3 is 2.83 bits per heavy atom. The Balaban J connectivity index is 1.78. The quantitative estimate of drug-likeness (QED) is 0.854. The fourth-order valence-corrected chi connectivity index (χ4v) is 2.53. The van der Waals surface area contributed by atoms with E-state index >= 15 is 0 Å². The maximum absolute atomic E-state index is 12.8. The van der Waals surface area contributed by atoms with E-state index in [1.165, 1.54) is 11.3 Å². The zero-order valence-electron chi connectivity index (χ0n) is 13.4. The number of hydroxylamine groups is 2. The van der Waals surface area contributed by atoms with Crippen molar-refractivity contribution in [2.24, 2.45) is 0 Å². The number of carbonyl (C=O) groups excluding carboxylic acids is 1. The van der Waals surface area contributed by atoms with Gasteiger partial charge in [0.15, 0.2) is 6.29 Å². The summed E-state index contributed by atoms with van der Waals surface area (Å²) in [7, 11) is 0. The average Bonchev–Trinajstić information content (AvgIpc) is 2.62. The van der Waals surface area contributed by atoms with Crippen molar-refractivity contribution in [3.05, 3.63) is 59.9 Å². The maximum atomic E-state index is 12.8. The molecule has 0 bridgehead atoms. The lowest BCUT2D eigenvalue weighted by Gasteiger charge is -2.29. The molecule has 1 atom stereocenters. The lowest BCUT2D eigenvalue weighted by atomic mass is 10.2. The van der Waals surface area contributed by atoms with Crippen molar-refractivity contribution in [2.45, 2.75) is 32.1 Å². The Labute approximate surface area is 141 Å². The summed E-state index contributed by atoms with van der Waals surface area (Å²) in [6, 6.07) is 12.9. The van der Waals surface area contributed by atoms with Crippen LogP contribution in [0.25, 0.3) is 0 Å². The second-order valence-corrected chi connectivity index (χ2v) is 5.70. The van der Waals surface area contributed by atoms with Crippen LogP contribution in [0.5, 0.6) is 0 Å². The van der Waals surface area contributed by atoms with Gasteiger partial charge in [-0.2, -0.15) is 0 Å². The number of anilines is 1. The number of nitrogens with zero attached hydrogens (tertiary/aromatic N) is 2. The normalized spacial score (nSPS) is 17.4. The fourth-order valence-electron chi connectivity index (χ4n) is 2.53. The molecule has 3 rings (SSSR count). The van der Waals surface area contributed by atoms with Crippen molar-refractivity contribution >= 4 is 11.6 Å². The van der Waals surface area contributed by atoms with Gasteiger partial charge in [-0.1, -0.05) is 30.3 Å². The summed E-state index contributed by atoms with van der Waals surface area (Å²) in [6.07, 6.45) is 3.91. The molecule has 2 aromatic rings. The molecule has 1 aromatic heterocycles. The Morgan fingerprint density at radius 1 is 1.29 bits per heavy atom. The number of hydrogen-bond acceptors (Lipinski definition) is 5. The Hall–Kier alpha value is -2.44. The zero-order chi connectivity index (χ0) is 16.8. The largest absolute Gasteiger partial charge is 0.399 e. The molecule has 1 unspecified atom stereocenters. The van der Waals surface area contributed by atoms with Crippen molar-refractivity contribution in [3.63, 3.8) is 0 Å². The third-order valence-corrected chi connectivity index (χ3v) is 3.78. The lowest BCUT2D eigenvalue weighted by molar-refractivity contribution is -0.270. The summed E-state index contributed by atoms with van der Waals surface area (Å²) < 4.78 is 5.59. The predicted molar refractivity (Wildman–Crippen MR) is 89.6 cm³/mol. The van der Waals surface area contributed by atoms with Crippen LogP contribution in [-0.2, 0) is 16.1 Å². The van der Waals surface area contributed by atoms with Gasteiger partial charge in [-0.25, -0.2) is 9.90 Å². The Morgan fingerprint density at radius 2 is 2.12 bits per heavy atom. The van der Waals surface area contributed by atoms with E-state index in [4.69, 9.17) is 15.3 Å². The Bertz CT molecular complexity index is 672. The van der Waals surface area contributed by atoms with Crippen LogP contribution < -0.4 is 5.73 Å². The molecule has 6 heteroatoms. The van der Waals surface area contributed by atoms with Crippen LogP contribution in [0.4, 0.5) is 5.69 Å². The highest BCUT2D eigenvalue weighted by molar-refractivity contribution is 5.92. The highest BCUT2D eigenvalue weighted by Gasteiger charge is 2.24. The number of hydrogen-bond donors (Lipinski definition) is 1. The second kappa shape index (κ2) is 7.90. The SMILES string of the molecule is Nc1ccnc(C(=O)N(Cc2ccccc2)OC2CCCCO2)c1. The number of aromatic nitrogens is 1. The van der Waals surface area contributed by atoms with Gasteiger partial charge in [0.1, 0.15) is 5.69 Å². The van der Waals surface area contributed by atoms with Crippen molar-refractivity contribution < 1.29 is 14.4 Å². The number of nitrogens with two attached hydrogens (primary N) is 1. The van der Waals surface area contributed by atoms with Gasteiger partial charge in [-0.3, -0.25) is 9.78 Å². The van der Waals surface area contributed by atoms with Crippen molar-refractivity contribution in [3.8, 4) is 0 Å². The summed E-state index contributed by atoms with van der Waals surface area (Å²) in [6.45, 7) is 0.963. The van der Waals surface area contributed by atoms with Crippen LogP contribution in [0.1, 0.15) is 35.3 Å². The van der Waals surface area contributed by atoms with Crippen LogP contribution in [0.2, 0.25) is 0 Å². The van der Waals surface area contributed by atoms with Crippen molar-refractivity contribution in [2.75, 3.05) is 12.3 Å². The minimum absolute atomic E-state index is 0.252. The van der Waals surface area contributed by atoms with Gasteiger partial charge >= 0.3 is 0 Å². The standard InChI is InChI=1S/C18H21N3O3/c19-15-9-10-20-16(12-15)18(22)21(13-14-6-2-1-3-7-14)24-17-8-4-5-11-23-17/h1-3,6-7,9-10,12,17H,4-5,8,11,13H2,(H2,19,20). The molecular formula is C18H21N3O3. The first kappa shape index (κ1) is 16.4. The fraction of sp³-hybridized carbons (Fsp3) is 0.333. The molecule has 2 N–H and O–H groups in total. The van der Waals surface area contributed by atoms with Crippen molar-refractivity contribution in [1.82, 2.24) is 10.0 Å². The lowest BCUT2D eigenvalue weighted by Crippen LogP contribution is -2.37. The summed E-state index contributed by atoms with van der Waals surface area (Å²) >= 11 is 0. The number of rotatable bonds is 5. The zero-order valence-corrected chi connectivity index (χ0v) is 13.4. The van der Waals surface area contributed by atoms with Gasteiger partial charge in [0.2, 0.25) is 0 Å². The minimum Gasteiger partial charge on any atom is -0.399 e. The van der Waals surface area contributed by atoms with E-state index in [9.17, 15) is 4.79 Å². The average molecular weight is 327 g/mol. The number of carbonyl (C=O) groups is 1. The molecule has 0 spiro atoms. The van der Waals surface area contributed by atoms with E-state index in [-0.39, 0.29) is 11.6 Å². The molecule has 1 fully saturated rings. The topological polar surface area (TPSA) is 77.7 Å². The molecule has 0 radical (unpaired) electrons. The highest BCUT2D eigenvalue weighted by atomic mass is 16.8. The predicted octanol–water partition coefficient (Wildman–Crippen LogP) is 2.76. The third-order valence-electron chi connectivity index (χ3n) is 3.78. The van der Waals surface area contributed by atoms with E-state index in [0.29, 0.717) is 18.8 Å². The number of amides is 1. The van der Waals surface area contributed by atoms with Crippen molar-refractivity contribution in [1.29, 1.82) is 0 Å². The van der Waals surface area contributed by atoms with Crippen LogP contribution in [0, 0.1) is 0 Å². The number of nitrogen functional groups attached to an aromatic ring is 1. The van der Waals surface area contributed by atoms with E-state index in [1.807, 2.05) is 30.3 Å². The molecule has 1 aliphatic heterocycles. The van der Waals surface area contributed by atoms with E-state index in [1.54, 1.807) is 12.1 Å². The van der Waals surface area contributed by atoms with Gasteiger partial charge in [0.05, 0.1) is 6.54 Å². The second-order valence-electron chi connectivity index (χ2n) is 5.70. The molecule has 1 aromatic carbocycles. The summed E-state index contributed by atoms with van der Waals surface area (Å²) in [5, 5.41) is 1.31. The highest BCUT2D eigenvalue weighted by Crippen LogP contribution is 2.18. The summed E-state index contributed by atoms with van der Waals surface area (Å²) in [5.74, 6) is -0.333. The van der Waals surface area contributed by atoms with Crippen LogP contribution >= 0.6 is 0 Å². The molecule has 0 aliphatic carbocycles. The molecular weight excluding hydrogens is 306 g/mol. The van der Waals surface area contributed by atoms with Gasteiger partial charge < -0.3 is 10.5 Å². The molecule has 24 heavy (non-hydrogen) atoms. The van der Waals surface area contributed by atoms with Gasteiger partial charge in [0, 0.05) is 24.9 Å². The van der Waals surface area contributed by atoms with Gasteiger partial charge in [-0.05, 0) is 30.5 Å². The van der Waals surface area contributed by atoms with Gasteiger partial charge in [-0.15, -0.1) is 0 Å². The summed E-state index contributed by atoms with van der Waals surface area (Å²) in [4.78, 5) is 22.7. The maximum Gasteiger partial charge on any atom is 0.296 e. The van der Waals surface area contributed by atoms with Crippen LogP contribution in [0.15, 0.2) is 48.7 Å². The molecule has 126 valence electrons. The van der Waals surface area contributed by atoms with E-state index in [0.717, 1.165) is 24.8 Å².